The van der Waals surface area contributed by atoms with Crippen molar-refractivity contribution in [3.8, 4) is 0 Å². The van der Waals surface area contributed by atoms with Crippen LogP contribution in [0.2, 0.25) is 0 Å². The van der Waals surface area contributed by atoms with E-state index in [1.807, 2.05) is 0 Å². The summed E-state index contributed by atoms with van der Waals surface area (Å²) in [7, 11) is 0. The molecule has 3 heteroatoms. The molecular weight excluding hydrogens is 200 g/mol. The van der Waals surface area contributed by atoms with Crippen molar-refractivity contribution in [2.45, 2.75) is 71.8 Å². The number of ketones is 1. The Balaban J connectivity index is 4.89. The Hall–Kier alpha value is -0.860. The van der Waals surface area contributed by atoms with E-state index in [-0.39, 0.29) is 5.78 Å². The van der Waals surface area contributed by atoms with E-state index in [0.29, 0.717) is 5.84 Å². The number of nitrogens with two attached hydrogens (primary N) is 1. The van der Waals surface area contributed by atoms with E-state index in [4.69, 9.17) is 5.73 Å². The van der Waals surface area contributed by atoms with Crippen LogP contribution in [0.3, 0.4) is 0 Å². The number of hydrogen-bond acceptors (Lipinski definition) is 2. The second-order valence-electron chi connectivity index (χ2n) is 4.55. The molecule has 0 aromatic rings. The van der Waals surface area contributed by atoms with E-state index in [1.54, 1.807) is 13.8 Å². The first-order chi connectivity index (χ1) is 7.48. The van der Waals surface area contributed by atoms with Crippen LogP contribution in [-0.4, -0.2) is 17.2 Å². The van der Waals surface area contributed by atoms with Gasteiger partial charge in [-0.05, 0) is 26.7 Å². The highest BCUT2D eigenvalue weighted by molar-refractivity contribution is 5.90. The summed E-state index contributed by atoms with van der Waals surface area (Å²) >= 11 is 0. The molecule has 0 heterocycles. The monoisotopic (exact) mass is 226 g/mol. The molecule has 0 aliphatic carbocycles. The van der Waals surface area contributed by atoms with Gasteiger partial charge < -0.3 is 5.73 Å². The van der Waals surface area contributed by atoms with E-state index in [2.05, 4.69) is 18.8 Å². The van der Waals surface area contributed by atoms with Gasteiger partial charge in [-0.1, -0.05) is 39.5 Å². The van der Waals surface area contributed by atoms with Crippen molar-refractivity contribution in [1.29, 1.82) is 0 Å². The summed E-state index contributed by atoms with van der Waals surface area (Å²) in [6, 6.07) is 0. The van der Waals surface area contributed by atoms with Crippen molar-refractivity contribution < 1.29 is 4.79 Å². The van der Waals surface area contributed by atoms with Gasteiger partial charge in [0.1, 0.15) is 5.54 Å². The Morgan fingerprint density at radius 2 is 1.56 bits per heavy atom. The second-order valence-corrected chi connectivity index (χ2v) is 4.55. The molecule has 0 spiro atoms. The Kier molecular flexibility index (Phi) is 7.02. The summed E-state index contributed by atoms with van der Waals surface area (Å²) < 4.78 is 0. The van der Waals surface area contributed by atoms with Gasteiger partial charge in [0.15, 0.2) is 5.78 Å². The average Bonchev–Trinajstić information content (AvgIpc) is 2.21. The van der Waals surface area contributed by atoms with Crippen molar-refractivity contribution in [3.63, 3.8) is 0 Å². The fourth-order valence-electron chi connectivity index (χ4n) is 1.94. The lowest BCUT2D eigenvalue weighted by Crippen LogP contribution is -2.37. The molecule has 0 amide bonds. The predicted octanol–water partition coefficient (Wildman–Crippen LogP) is 3.07. The number of unbranched alkanes of at least 4 members (excludes halogenated alkanes) is 2. The molecule has 0 radical (unpaired) electrons. The van der Waals surface area contributed by atoms with Crippen molar-refractivity contribution in [1.82, 2.24) is 0 Å². The molecule has 16 heavy (non-hydrogen) atoms. The number of nitrogens with zero attached hydrogens (tertiary/aromatic N) is 1. The summed E-state index contributed by atoms with van der Waals surface area (Å²) in [5.74, 6) is 0.668. The zero-order valence-corrected chi connectivity index (χ0v) is 11.2. The van der Waals surface area contributed by atoms with Crippen LogP contribution in [-0.2, 0) is 4.79 Å². The molecule has 3 nitrogen and oxygen atoms in total. The predicted molar refractivity (Wildman–Crippen MR) is 69.8 cm³/mol. The Labute approximate surface area is 99.5 Å². The Morgan fingerprint density at radius 1 is 1.12 bits per heavy atom. The molecule has 0 aliphatic heterocycles. The highest BCUT2D eigenvalue weighted by atomic mass is 16.1. The maximum absolute atomic E-state index is 11.9. The number of carbonyl (C=O) groups is 1. The van der Waals surface area contributed by atoms with Gasteiger partial charge in [0, 0.05) is 0 Å². The minimum atomic E-state index is -0.551. The largest absolute Gasteiger partial charge is 0.388 e. The first-order valence-corrected chi connectivity index (χ1v) is 6.31. The molecule has 0 rings (SSSR count). The highest BCUT2D eigenvalue weighted by Gasteiger charge is 2.33. The van der Waals surface area contributed by atoms with Gasteiger partial charge >= 0.3 is 0 Å². The molecule has 0 unspecified atom stereocenters. The van der Waals surface area contributed by atoms with Crippen LogP contribution in [0.1, 0.15) is 66.2 Å². The molecule has 0 aromatic carbocycles. The first-order valence-electron chi connectivity index (χ1n) is 6.31. The van der Waals surface area contributed by atoms with Gasteiger partial charge in [-0.2, -0.15) is 0 Å². The molecule has 0 bridgehead atoms. The van der Waals surface area contributed by atoms with Gasteiger partial charge in [0.25, 0.3) is 0 Å². The minimum Gasteiger partial charge on any atom is -0.388 e. The van der Waals surface area contributed by atoms with Gasteiger partial charge in [-0.15, -0.1) is 0 Å². The molecule has 0 atom stereocenters. The van der Waals surface area contributed by atoms with E-state index in [1.165, 1.54) is 0 Å². The highest BCUT2D eigenvalue weighted by Crippen LogP contribution is 2.27. The van der Waals surface area contributed by atoms with Gasteiger partial charge in [-0.3, -0.25) is 9.79 Å². The lowest BCUT2D eigenvalue weighted by molar-refractivity contribution is -0.122. The number of carbonyl (C=O) groups excluding carboxylic acids is 1. The number of rotatable bonds is 8. The zero-order valence-electron chi connectivity index (χ0n) is 11.2. The quantitative estimate of drug-likeness (QED) is 0.511. The minimum absolute atomic E-state index is 0.152. The molecule has 0 aromatic heterocycles. The molecule has 0 fully saturated rings. The first kappa shape index (κ1) is 15.1. The Bertz CT molecular complexity index is 234. The van der Waals surface area contributed by atoms with Gasteiger partial charge in [0.2, 0.25) is 0 Å². The van der Waals surface area contributed by atoms with Crippen LogP contribution in [0.25, 0.3) is 0 Å². The van der Waals surface area contributed by atoms with E-state index in [0.717, 1.165) is 38.5 Å². The maximum Gasteiger partial charge on any atom is 0.157 e. The molecule has 0 saturated heterocycles. The van der Waals surface area contributed by atoms with Gasteiger partial charge in [-0.25, -0.2) is 0 Å². The third kappa shape index (κ3) is 4.77. The normalized spacial score (nSPS) is 12.9. The Morgan fingerprint density at radius 3 is 1.81 bits per heavy atom. The third-order valence-corrected chi connectivity index (χ3v) is 2.93. The second kappa shape index (κ2) is 7.42. The lowest BCUT2D eigenvalue weighted by Gasteiger charge is -2.27. The van der Waals surface area contributed by atoms with E-state index < -0.39 is 5.54 Å². The van der Waals surface area contributed by atoms with Crippen LogP contribution in [0.5, 0.6) is 0 Å². The average molecular weight is 226 g/mol. The smallest absolute Gasteiger partial charge is 0.157 e. The lowest BCUT2D eigenvalue weighted by atomic mass is 9.84. The summed E-state index contributed by atoms with van der Waals surface area (Å²) in [5, 5.41) is 0. The van der Waals surface area contributed by atoms with E-state index >= 15 is 0 Å². The zero-order chi connectivity index (χ0) is 12.6. The molecule has 0 aliphatic rings. The van der Waals surface area contributed by atoms with Crippen LogP contribution in [0.15, 0.2) is 4.99 Å². The van der Waals surface area contributed by atoms with Crippen LogP contribution >= 0.6 is 0 Å². The summed E-state index contributed by atoms with van der Waals surface area (Å²) in [6.45, 7) is 7.65. The number of Topliss-reactive ketones (excluding diaryl/α,β-unsaturated/α-hetero) is 1. The fraction of sp³-hybridized carbons (Fsp3) is 0.846. The summed E-state index contributed by atoms with van der Waals surface area (Å²) in [5.41, 5.74) is 5.11. The van der Waals surface area contributed by atoms with Crippen LogP contribution < -0.4 is 5.73 Å². The topological polar surface area (TPSA) is 55.4 Å². The van der Waals surface area contributed by atoms with Crippen LogP contribution in [0, 0.1) is 0 Å². The fourth-order valence-corrected chi connectivity index (χ4v) is 1.94. The molecule has 94 valence electrons. The SMILES string of the molecule is CCCCC(CCCC)(N=C(C)N)C(C)=O. The number of hydrogen-bond donors (Lipinski definition) is 1. The van der Waals surface area contributed by atoms with Gasteiger partial charge in [0.05, 0.1) is 5.84 Å². The van der Waals surface area contributed by atoms with Crippen molar-refractivity contribution in [3.05, 3.63) is 0 Å². The summed E-state index contributed by atoms with van der Waals surface area (Å²) in [4.78, 5) is 16.3. The molecule has 2 N–H and O–H groups in total. The number of amidine groups is 1. The number of aliphatic imine (C=N–C) groups is 1. The van der Waals surface area contributed by atoms with Crippen LogP contribution in [0.4, 0.5) is 0 Å². The van der Waals surface area contributed by atoms with Crippen molar-refractivity contribution >= 4 is 11.6 Å². The van der Waals surface area contributed by atoms with E-state index in [9.17, 15) is 4.79 Å². The molecule has 0 saturated carbocycles. The maximum atomic E-state index is 11.9. The van der Waals surface area contributed by atoms with Crippen molar-refractivity contribution in [2.24, 2.45) is 10.7 Å². The standard InChI is InChI=1S/C13H26N2O/c1-5-7-9-13(11(3)16,10-8-6-2)15-12(4)14/h5-10H2,1-4H3,(H2,14,15). The molecular formula is C13H26N2O. The third-order valence-electron chi connectivity index (χ3n) is 2.93. The van der Waals surface area contributed by atoms with Crippen molar-refractivity contribution in [2.75, 3.05) is 0 Å². The summed E-state index contributed by atoms with van der Waals surface area (Å²) in [6.07, 6.45) is 5.88.